The molecule has 1 amide bonds. The van der Waals surface area contributed by atoms with E-state index in [0.717, 1.165) is 0 Å². The van der Waals surface area contributed by atoms with Crippen molar-refractivity contribution in [1.29, 1.82) is 0 Å². The molecule has 1 heterocycles. The van der Waals surface area contributed by atoms with Crippen LogP contribution in [0.15, 0.2) is 12.4 Å². The van der Waals surface area contributed by atoms with E-state index in [1.165, 1.54) is 4.57 Å². The van der Waals surface area contributed by atoms with E-state index < -0.39 is 11.7 Å². The van der Waals surface area contributed by atoms with Gasteiger partial charge in [0.1, 0.15) is 11.4 Å². The third-order valence-corrected chi connectivity index (χ3v) is 2.11. The average Bonchev–Trinajstić information content (AvgIpc) is 2.61. The lowest BCUT2D eigenvalue weighted by atomic mass is 10.2. The van der Waals surface area contributed by atoms with Gasteiger partial charge in [0.05, 0.1) is 0 Å². The molecule has 1 aromatic heterocycles. The van der Waals surface area contributed by atoms with E-state index in [1.807, 2.05) is 6.92 Å². The number of imidazole rings is 1. The highest BCUT2D eigenvalue weighted by molar-refractivity contribution is 5.68. The van der Waals surface area contributed by atoms with Crippen LogP contribution in [-0.4, -0.2) is 33.7 Å². The second-order valence-corrected chi connectivity index (χ2v) is 5.11. The summed E-state index contributed by atoms with van der Waals surface area (Å²) >= 11 is 0. The maximum Gasteiger partial charge on any atom is 0.407 e. The zero-order valence-electron chi connectivity index (χ0n) is 11.1. The van der Waals surface area contributed by atoms with E-state index in [2.05, 4.69) is 10.3 Å². The van der Waals surface area contributed by atoms with Gasteiger partial charge in [-0.15, -0.1) is 0 Å². The van der Waals surface area contributed by atoms with Crippen LogP contribution in [0.25, 0.3) is 0 Å². The Morgan fingerprint density at radius 1 is 1.61 bits per heavy atom. The van der Waals surface area contributed by atoms with Crippen molar-refractivity contribution in [2.45, 2.75) is 45.8 Å². The van der Waals surface area contributed by atoms with E-state index in [9.17, 15) is 9.59 Å². The van der Waals surface area contributed by atoms with Crippen molar-refractivity contribution >= 4 is 12.5 Å². The Bertz CT molecular complexity index is 420. The summed E-state index contributed by atoms with van der Waals surface area (Å²) in [5.74, 6) is 0.605. The first-order valence-electron chi connectivity index (χ1n) is 5.78. The topological polar surface area (TPSA) is 73.2 Å². The summed E-state index contributed by atoms with van der Waals surface area (Å²) in [7, 11) is 0. The summed E-state index contributed by atoms with van der Waals surface area (Å²) in [6.45, 7) is 7.23. The summed E-state index contributed by atoms with van der Waals surface area (Å²) in [5.41, 5.74) is -0.523. The van der Waals surface area contributed by atoms with E-state index in [0.29, 0.717) is 18.7 Å². The highest BCUT2D eigenvalue weighted by Crippen LogP contribution is 2.07. The normalized spacial score (nSPS) is 12.9. The van der Waals surface area contributed by atoms with Gasteiger partial charge in [-0.2, -0.15) is 0 Å². The lowest BCUT2D eigenvalue weighted by Gasteiger charge is -2.21. The minimum Gasteiger partial charge on any atom is -0.444 e. The molecule has 1 unspecified atom stereocenters. The Labute approximate surface area is 106 Å². The Morgan fingerprint density at radius 2 is 2.28 bits per heavy atom. The minimum absolute atomic E-state index is 0.166. The molecule has 18 heavy (non-hydrogen) atoms. The van der Waals surface area contributed by atoms with Crippen LogP contribution in [0.3, 0.4) is 0 Å². The maximum atomic E-state index is 11.5. The number of hydrogen-bond donors (Lipinski definition) is 1. The molecule has 0 aliphatic rings. The van der Waals surface area contributed by atoms with E-state index in [-0.39, 0.29) is 6.04 Å². The summed E-state index contributed by atoms with van der Waals surface area (Å²) in [6.07, 6.45) is 3.79. The largest absolute Gasteiger partial charge is 0.444 e. The molecule has 0 fully saturated rings. The van der Waals surface area contributed by atoms with E-state index in [4.69, 9.17) is 4.74 Å². The van der Waals surface area contributed by atoms with Gasteiger partial charge in [-0.1, -0.05) is 0 Å². The van der Waals surface area contributed by atoms with E-state index in [1.54, 1.807) is 33.2 Å². The van der Waals surface area contributed by atoms with Crippen molar-refractivity contribution in [3.8, 4) is 0 Å². The molecular formula is C12H19N3O3. The first-order chi connectivity index (χ1) is 8.31. The van der Waals surface area contributed by atoms with Gasteiger partial charge in [-0.05, 0) is 27.7 Å². The summed E-state index contributed by atoms with van der Waals surface area (Å²) in [6, 6.07) is -0.166. The molecule has 100 valence electrons. The van der Waals surface area contributed by atoms with Crippen LogP contribution in [0.1, 0.15) is 33.5 Å². The second-order valence-electron chi connectivity index (χ2n) is 5.11. The van der Waals surface area contributed by atoms with Gasteiger partial charge in [0.15, 0.2) is 0 Å². The van der Waals surface area contributed by atoms with E-state index >= 15 is 0 Å². The van der Waals surface area contributed by atoms with Crippen LogP contribution >= 0.6 is 0 Å². The van der Waals surface area contributed by atoms with Gasteiger partial charge in [0.2, 0.25) is 6.41 Å². The predicted octanol–water partition coefficient (Wildman–Crippen LogP) is 1.38. The SMILES string of the molecule is CC(Cc1nccn1C=O)NC(=O)OC(C)(C)C. The van der Waals surface area contributed by atoms with Crippen LogP contribution in [0.2, 0.25) is 0 Å². The third kappa shape index (κ3) is 4.57. The Kier molecular flexibility index (Phi) is 4.47. The molecule has 0 aromatic carbocycles. The molecule has 1 aromatic rings. The molecule has 0 aliphatic carbocycles. The maximum absolute atomic E-state index is 11.5. The molecule has 0 bridgehead atoms. The molecule has 0 saturated heterocycles. The van der Waals surface area contributed by atoms with Crippen molar-refractivity contribution in [2.75, 3.05) is 0 Å². The molecule has 0 saturated carbocycles. The quantitative estimate of drug-likeness (QED) is 0.823. The van der Waals surface area contributed by atoms with Gasteiger partial charge >= 0.3 is 6.09 Å². The number of carbonyl (C=O) groups is 2. The summed E-state index contributed by atoms with van der Waals surface area (Å²) in [5, 5.41) is 2.70. The molecular weight excluding hydrogens is 234 g/mol. The molecule has 0 radical (unpaired) electrons. The zero-order chi connectivity index (χ0) is 13.8. The number of aromatic nitrogens is 2. The van der Waals surface area contributed by atoms with Gasteiger partial charge in [0.25, 0.3) is 0 Å². The standard InChI is InChI=1S/C12H19N3O3/c1-9(14-11(17)18-12(2,3)4)7-10-13-5-6-15(10)8-16/h5-6,8-9H,7H2,1-4H3,(H,14,17). The molecule has 1 N–H and O–H groups in total. The second kappa shape index (κ2) is 5.66. The van der Waals surface area contributed by atoms with Crippen molar-refractivity contribution in [1.82, 2.24) is 14.9 Å². The number of nitrogens with zero attached hydrogens (tertiary/aromatic N) is 2. The Hall–Kier alpha value is -1.85. The van der Waals surface area contributed by atoms with Crippen LogP contribution in [0.4, 0.5) is 4.79 Å². The zero-order valence-corrected chi connectivity index (χ0v) is 11.1. The first kappa shape index (κ1) is 14.2. The van der Waals surface area contributed by atoms with Crippen molar-refractivity contribution in [3.63, 3.8) is 0 Å². The number of amides is 1. The van der Waals surface area contributed by atoms with Gasteiger partial charge in [-0.25, -0.2) is 9.78 Å². The molecule has 0 aliphatic heterocycles. The fourth-order valence-electron chi connectivity index (χ4n) is 1.43. The Morgan fingerprint density at radius 3 is 2.83 bits per heavy atom. The summed E-state index contributed by atoms with van der Waals surface area (Å²) < 4.78 is 6.52. The average molecular weight is 253 g/mol. The third-order valence-electron chi connectivity index (χ3n) is 2.11. The highest BCUT2D eigenvalue weighted by atomic mass is 16.6. The number of carbonyl (C=O) groups excluding carboxylic acids is 2. The smallest absolute Gasteiger partial charge is 0.407 e. The van der Waals surface area contributed by atoms with Crippen molar-refractivity contribution in [3.05, 3.63) is 18.2 Å². The van der Waals surface area contributed by atoms with Gasteiger partial charge in [-0.3, -0.25) is 9.36 Å². The van der Waals surface area contributed by atoms with Crippen molar-refractivity contribution < 1.29 is 14.3 Å². The summed E-state index contributed by atoms with van der Waals surface area (Å²) in [4.78, 5) is 26.3. The van der Waals surface area contributed by atoms with Crippen LogP contribution in [0.5, 0.6) is 0 Å². The molecule has 0 spiro atoms. The Balaban J connectivity index is 2.49. The number of ether oxygens (including phenoxy) is 1. The van der Waals surface area contributed by atoms with Gasteiger partial charge < -0.3 is 10.1 Å². The number of alkyl carbamates (subject to hydrolysis) is 1. The monoisotopic (exact) mass is 253 g/mol. The van der Waals surface area contributed by atoms with Crippen LogP contribution in [-0.2, 0) is 16.0 Å². The van der Waals surface area contributed by atoms with Crippen molar-refractivity contribution in [2.24, 2.45) is 0 Å². The number of rotatable bonds is 4. The minimum atomic E-state index is -0.523. The fourth-order valence-corrected chi connectivity index (χ4v) is 1.43. The molecule has 6 nitrogen and oxygen atoms in total. The molecule has 6 heteroatoms. The molecule has 1 rings (SSSR count). The number of nitrogens with one attached hydrogen (secondary N) is 1. The number of hydrogen-bond acceptors (Lipinski definition) is 4. The lowest BCUT2D eigenvalue weighted by Crippen LogP contribution is -2.39. The lowest BCUT2D eigenvalue weighted by molar-refractivity contribution is 0.0508. The first-order valence-corrected chi connectivity index (χ1v) is 5.78. The fraction of sp³-hybridized carbons (Fsp3) is 0.583. The molecule has 1 atom stereocenters. The van der Waals surface area contributed by atoms with Gasteiger partial charge in [0, 0.05) is 24.9 Å². The predicted molar refractivity (Wildman–Crippen MR) is 66.9 cm³/mol. The highest BCUT2D eigenvalue weighted by Gasteiger charge is 2.18. The van der Waals surface area contributed by atoms with Crippen LogP contribution in [0, 0.1) is 0 Å². The van der Waals surface area contributed by atoms with Crippen LogP contribution < -0.4 is 5.32 Å².